The monoisotopic (exact) mass is 279 g/mol. The second-order valence-corrected chi connectivity index (χ2v) is 4.89. The molecule has 2 heterocycles. The molecule has 3 heteroatoms. The molecule has 0 saturated carbocycles. The van der Waals surface area contributed by atoms with Gasteiger partial charge in [0.25, 0.3) is 0 Å². The zero-order chi connectivity index (χ0) is 15.4. The first-order valence-electron chi connectivity index (χ1n) is 7.09. The molecule has 0 aromatic carbocycles. The van der Waals surface area contributed by atoms with E-state index in [1.165, 1.54) is 0 Å². The van der Waals surface area contributed by atoms with Crippen LogP contribution >= 0.6 is 0 Å². The van der Waals surface area contributed by atoms with Crippen molar-refractivity contribution in [3.8, 4) is 0 Å². The van der Waals surface area contributed by atoms with Gasteiger partial charge in [-0.1, -0.05) is 26.1 Å². The van der Waals surface area contributed by atoms with Gasteiger partial charge in [0, 0.05) is 29.4 Å². The standard InChI is InChI=1S/C18H21N3/c1-6-17-8-9-18(15(5)20-17)14(4)16-10-11-21(19-7-2)13(3)12-16/h7-12H,3-4,6H2,1-2,5H3/b19-7-. The minimum absolute atomic E-state index is 0.822. The lowest BCUT2D eigenvalue weighted by molar-refractivity contribution is 0.514. The molecule has 108 valence electrons. The van der Waals surface area contributed by atoms with Gasteiger partial charge in [-0.25, -0.2) is 5.01 Å². The minimum atomic E-state index is 0.822. The van der Waals surface area contributed by atoms with Crippen LogP contribution < -0.4 is 0 Å². The summed E-state index contributed by atoms with van der Waals surface area (Å²) >= 11 is 0. The van der Waals surface area contributed by atoms with Crippen molar-refractivity contribution in [2.24, 2.45) is 5.10 Å². The zero-order valence-electron chi connectivity index (χ0n) is 12.9. The van der Waals surface area contributed by atoms with Gasteiger partial charge in [0.05, 0.1) is 5.70 Å². The first-order valence-corrected chi connectivity index (χ1v) is 7.09. The van der Waals surface area contributed by atoms with Gasteiger partial charge in [0.1, 0.15) is 0 Å². The molecule has 2 rings (SSSR count). The van der Waals surface area contributed by atoms with Crippen LogP contribution in [-0.4, -0.2) is 16.2 Å². The molecule has 0 radical (unpaired) electrons. The first-order chi connectivity index (χ1) is 10.1. The normalized spacial score (nSPS) is 14.7. The second kappa shape index (κ2) is 6.35. The highest BCUT2D eigenvalue weighted by Crippen LogP contribution is 2.28. The van der Waals surface area contributed by atoms with Gasteiger partial charge in [-0.2, -0.15) is 5.10 Å². The third-order valence-electron chi connectivity index (χ3n) is 3.43. The third-order valence-corrected chi connectivity index (χ3v) is 3.43. The van der Waals surface area contributed by atoms with E-state index in [1.807, 2.05) is 32.2 Å². The highest BCUT2D eigenvalue weighted by Gasteiger charge is 2.13. The molecule has 0 unspecified atom stereocenters. The first kappa shape index (κ1) is 15.0. The van der Waals surface area contributed by atoms with Crippen LogP contribution in [0.1, 0.15) is 30.8 Å². The quantitative estimate of drug-likeness (QED) is 0.771. The van der Waals surface area contributed by atoms with E-state index in [0.717, 1.165) is 40.2 Å². The Morgan fingerprint density at radius 2 is 2.19 bits per heavy atom. The van der Waals surface area contributed by atoms with E-state index in [1.54, 1.807) is 11.2 Å². The molecule has 0 atom stereocenters. The van der Waals surface area contributed by atoms with Crippen LogP contribution in [0.3, 0.4) is 0 Å². The molecule has 0 aliphatic carbocycles. The molecule has 0 N–H and O–H groups in total. The molecular weight excluding hydrogens is 258 g/mol. The Balaban J connectivity index is 2.28. The lowest BCUT2D eigenvalue weighted by atomic mass is 9.96. The number of nitrogens with zero attached hydrogens (tertiary/aromatic N) is 3. The van der Waals surface area contributed by atoms with Crippen molar-refractivity contribution in [2.75, 3.05) is 0 Å². The number of rotatable bonds is 4. The predicted molar refractivity (Wildman–Crippen MR) is 89.8 cm³/mol. The SMILES string of the molecule is C=C(C1=CC(=C)N(/N=C\C)C=C1)c1ccc(CC)nc1C. The van der Waals surface area contributed by atoms with Crippen molar-refractivity contribution in [1.82, 2.24) is 9.99 Å². The van der Waals surface area contributed by atoms with Crippen molar-refractivity contribution < 1.29 is 0 Å². The summed E-state index contributed by atoms with van der Waals surface area (Å²) in [7, 11) is 0. The number of pyridine rings is 1. The van der Waals surface area contributed by atoms with E-state index >= 15 is 0 Å². The Kier molecular flexibility index (Phi) is 4.53. The molecule has 0 spiro atoms. The predicted octanol–water partition coefficient (Wildman–Crippen LogP) is 4.24. The molecule has 3 nitrogen and oxygen atoms in total. The van der Waals surface area contributed by atoms with Gasteiger partial charge in [0.15, 0.2) is 0 Å². The van der Waals surface area contributed by atoms with E-state index in [9.17, 15) is 0 Å². The average Bonchev–Trinajstić information content (AvgIpc) is 2.48. The Hall–Kier alpha value is -2.42. The fourth-order valence-corrected chi connectivity index (χ4v) is 2.25. The van der Waals surface area contributed by atoms with Crippen molar-refractivity contribution in [3.05, 3.63) is 71.9 Å². The molecule has 1 aromatic heterocycles. The number of hydrogen-bond acceptors (Lipinski definition) is 3. The van der Waals surface area contributed by atoms with Crippen molar-refractivity contribution in [1.29, 1.82) is 0 Å². The largest absolute Gasteiger partial charge is 0.258 e. The molecule has 0 bridgehead atoms. The summed E-state index contributed by atoms with van der Waals surface area (Å²) in [5.74, 6) is 0. The van der Waals surface area contributed by atoms with Gasteiger partial charge in [-0.05, 0) is 49.6 Å². The Labute approximate surface area is 126 Å². The zero-order valence-corrected chi connectivity index (χ0v) is 12.9. The van der Waals surface area contributed by atoms with Crippen LogP contribution in [0.25, 0.3) is 5.57 Å². The van der Waals surface area contributed by atoms with E-state index in [-0.39, 0.29) is 0 Å². The van der Waals surface area contributed by atoms with Crippen molar-refractivity contribution in [2.45, 2.75) is 27.2 Å². The maximum absolute atomic E-state index is 4.60. The molecule has 1 aliphatic heterocycles. The van der Waals surface area contributed by atoms with E-state index in [0.29, 0.717) is 0 Å². The van der Waals surface area contributed by atoms with Crippen molar-refractivity contribution in [3.63, 3.8) is 0 Å². The number of aromatic nitrogens is 1. The summed E-state index contributed by atoms with van der Waals surface area (Å²) in [6.07, 6.45) is 8.56. The van der Waals surface area contributed by atoms with Gasteiger partial charge in [-0.15, -0.1) is 0 Å². The summed E-state index contributed by atoms with van der Waals surface area (Å²) in [5, 5.41) is 5.94. The highest BCUT2D eigenvalue weighted by molar-refractivity contribution is 5.82. The summed E-state index contributed by atoms with van der Waals surface area (Å²) in [6.45, 7) is 14.2. The van der Waals surface area contributed by atoms with Crippen LogP contribution in [0.15, 0.2) is 60.0 Å². The van der Waals surface area contributed by atoms with E-state index in [4.69, 9.17) is 0 Å². The molecule has 0 fully saturated rings. The Morgan fingerprint density at radius 3 is 2.76 bits per heavy atom. The maximum Gasteiger partial charge on any atom is 0.0579 e. The van der Waals surface area contributed by atoms with Crippen LogP contribution in [-0.2, 0) is 6.42 Å². The summed E-state index contributed by atoms with van der Waals surface area (Å²) in [6, 6.07) is 4.15. The molecular formula is C18H21N3. The topological polar surface area (TPSA) is 28.5 Å². The van der Waals surface area contributed by atoms with Crippen LogP contribution in [0.4, 0.5) is 0 Å². The van der Waals surface area contributed by atoms with Crippen LogP contribution in [0.5, 0.6) is 0 Å². The van der Waals surface area contributed by atoms with Crippen LogP contribution in [0, 0.1) is 6.92 Å². The molecule has 21 heavy (non-hydrogen) atoms. The van der Waals surface area contributed by atoms with Gasteiger partial charge in [0.2, 0.25) is 0 Å². The fraction of sp³-hybridized carbons (Fsp3) is 0.222. The van der Waals surface area contributed by atoms with E-state index in [2.05, 4.69) is 42.3 Å². The molecule has 1 aromatic rings. The Bertz CT molecular complexity index is 663. The number of hydrogen-bond donors (Lipinski definition) is 0. The van der Waals surface area contributed by atoms with Crippen molar-refractivity contribution >= 4 is 11.8 Å². The van der Waals surface area contributed by atoms with E-state index < -0.39 is 0 Å². The van der Waals surface area contributed by atoms with Gasteiger partial charge >= 0.3 is 0 Å². The van der Waals surface area contributed by atoms with Gasteiger partial charge in [-0.3, -0.25) is 4.98 Å². The second-order valence-electron chi connectivity index (χ2n) is 4.89. The lowest BCUT2D eigenvalue weighted by Gasteiger charge is -2.21. The number of hydrazone groups is 1. The number of allylic oxidation sites excluding steroid dienone is 4. The molecule has 0 saturated heterocycles. The fourth-order valence-electron chi connectivity index (χ4n) is 2.25. The highest BCUT2D eigenvalue weighted by atomic mass is 15.4. The molecule has 1 aliphatic rings. The molecule has 0 amide bonds. The maximum atomic E-state index is 4.60. The minimum Gasteiger partial charge on any atom is -0.258 e. The lowest BCUT2D eigenvalue weighted by Crippen LogP contribution is -2.11. The van der Waals surface area contributed by atoms with Crippen LogP contribution in [0.2, 0.25) is 0 Å². The smallest absolute Gasteiger partial charge is 0.0579 e. The summed E-state index contributed by atoms with van der Waals surface area (Å²) < 4.78 is 0. The summed E-state index contributed by atoms with van der Waals surface area (Å²) in [4.78, 5) is 4.60. The summed E-state index contributed by atoms with van der Waals surface area (Å²) in [5.41, 5.74) is 6.00. The average molecular weight is 279 g/mol. The number of aryl methyl sites for hydroxylation is 2. The third kappa shape index (κ3) is 3.19. The Morgan fingerprint density at radius 1 is 1.43 bits per heavy atom. The van der Waals surface area contributed by atoms with Gasteiger partial charge < -0.3 is 0 Å².